The smallest absolute Gasteiger partial charge is 0.390 e. The van der Waals surface area contributed by atoms with E-state index in [-0.39, 0.29) is 29.9 Å². The number of nitrogens with zero attached hydrogens (tertiary/aromatic N) is 3. The van der Waals surface area contributed by atoms with Crippen LogP contribution in [-0.2, 0) is 27.2 Å². The van der Waals surface area contributed by atoms with Gasteiger partial charge in [0.05, 0.1) is 29.9 Å². The zero-order valence-electron chi connectivity index (χ0n) is 19.5. The van der Waals surface area contributed by atoms with Gasteiger partial charge in [-0.15, -0.1) is 0 Å². The summed E-state index contributed by atoms with van der Waals surface area (Å²) in [6.07, 6.45) is -2.53. The number of nitrogens with two attached hydrogens (primary N) is 1. The summed E-state index contributed by atoms with van der Waals surface area (Å²) in [5.41, 5.74) is -0.209. The second-order valence-corrected chi connectivity index (χ2v) is 10.1. The first kappa shape index (κ1) is 27.6. The highest BCUT2D eigenvalue weighted by atomic mass is 32.2. The van der Waals surface area contributed by atoms with Gasteiger partial charge in [0.25, 0.3) is 0 Å². The van der Waals surface area contributed by atoms with Crippen LogP contribution in [0.2, 0.25) is 0 Å². The minimum absolute atomic E-state index is 0.00440. The van der Waals surface area contributed by atoms with E-state index in [2.05, 4.69) is 19.5 Å². The Morgan fingerprint density at radius 3 is 2.76 bits per heavy atom. The summed E-state index contributed by atoms with van der Waals surface area (Å²) >= 11 is 0. The number of hydrogen-bond donors (Lipinski definition) is 3. The fraction of sp³-hybridized carbons (Fsp3) is 0.348. The van der Waals surface area contributed by atoms with Crippen molar-refractivity contribution in [3.05, 3.63) is 77.5 Å². The average Bonchev–Trinajstić information content (AvgIpc) is 3.42. The first-order chi connectivity index (χ1) is 17.8. The molecule has 0 radical (unpaired) electrons. The number of benzene rings is 1. The molecule has 1 fully saturated rings. The number of aromatic nitrogens is 3. The highest BCUT2D eigenvalue weighted by molar-refractivity contribution is 7.84. The third-order valence-electron chi connectivity index (χ3n) is 6.11. The van der Waals surface area contributed by atoms with Gasteiger partial charge in [-0.1, -0.05) is 12.1 Å². The molecule has 0 bridgehead atoms. The van der Waals surface area contributed by atoms with Crippen molar-refractivity contribution in [3.63, 3.8) is 0 Å². The van der Waals surface area contributed by atoms with Crippen LogP contribution in [0, 0.1) is 5.92 Å². The normalized spacial score (nSPS) is 21.9. The standard InChI is InChI=1S/C23H23F4N5O5S/c24-19-18(7-15(21(19)34)11-37-38(28,35)36)31-22-17(8-29-12-30-22)20(33)14-4-5-32(10-14)9-13-2-1-3-16(6-13)23(25,26)27/h1-6,8,10,12,15,18-19,21,34H,7,9,11H2,(H2,28,35,36)(H,29,30,31)/t15-,18-,19-,21-/m1/s1. The molecule has 0 saturated heterocycles. The zero-order chi connectivity index (χ0) is 27.7. The molecule has 0 spiro atoms. The lowest BCUT2D eigenvalue weighted by molar-refractivity contribution is -0.137. The Morgan fingerprint density at radius 1 is 1.29 bits per heavy atom. The zero-order valence-corrected chi connectivity index (χ0v) is 20.4. The number of carbonyl (C=O) groups is 1. The molecular weight excluding hydrogens is 534 g/mol. The molecule has 10 nitrogen and oxygen atoms in total. The lowest BCUT2D eigenvalue weighted by Gasteiger charge is -2.18. The number of ketones is 1. The number of hydrogen-bond acceptors (Lipinski definition) is 8. The Balaban J connectivity index is 1.47. The Bertz CT molecular complexity index is 1410. The highest BCUT2D eigenvalue weighted by Gasteiger charge is 2.44. The summed E-state index contributed by atoms with van der Waals surface area (Å²) in [5, 5.41) is 17.7. The van der Waals surface area contributed by atoms with Crippen LogP contribution in [0.3, 0.4) is 0 Å². The quantitative estimate of drug-likeness (QED) is 0.268. The van der Waals surface area contributed by atoms with Crippen molar-refractivity contribution in [2.45, 2.75) is 37.5 Å². The molecule has 0 unspecified atom stereocenters. The van der Waals surface area contributed by atoms with Crippen LogP contribution in [0.4, 0.5) is 23.4 Å². The number of halogens is 4. The van der Waals surface area contributed by atoms with E-state index in [4.69, 9.17) is 5.14 Å². The first-order valence-corrected chi connectivity index (χ1v) is 12.7. The third kappa shape index (κ3) is 6.53. The minimum Gasteiger partial charge on any atom is -0.390 e. The van der Waals surface area contributed by atoms with Crippen molar-refractivity contribution >= 4 is 21.9 Å². The topological polar surface area (TPSA) is 149 Å². The fourth-order valence-electron chi connectivity index (χ4n) is 4.25. The number of anilines is 1. The molecule has 1 aromatic carbocycles. The lowest BCUT2D eigenvalue weighted by atomic mass is 10.1. The number of nitrogens with one attached hydrogen (secondary N) is 1. The van der Waals surface area contributed by atoms with Crippen LogP contribution in [0.25, 0.3) is 0 Å². The van der Waals surface area contributed by atoms with Gasteiger partial charge in [-0.2, -0.15) is 21.6 Å². The van der Waals surface area contributed by atoms with Gasteiger partial charge >= 0.3 is 16.5 Å². The number of rotatable bonds is 9. The van der Waals surface area contributed by atoms with Crippen molar-refractivity contribution in [1.29, 1.82) is 0 Å². The molecule has 2 heterocycles. The van der Waals surface area contributed by atoms with Gasteiger partial charge in [0.1, 0.15) is 18.3 Å². The predicted octanol–water partition coefficient (Wildman–Crippen LogP) is 2.30. The van der Waals surface area contributed by atoms with Crippen molar-refractivity contribution in [1.82, 2.24) is 14.5 Å². The number of alkyl halides is 4. The summed E-state index contributed by atoms with van der Waals surface area (Å²) in [4.78, 5) is 21.1. The van der Waals surface area contributed by atoms with Crippen molar-refractivity contribution < 1.29 is 40.1 Å². The van der Waals surface area contributed by atoms with Crippen molar-refractivity contribution in [3.8, 4) is 0 Å². The molecule has 15 heteroatoms. The van der Waals surface area contributed by atoms with E-state index in [1.807, 2.05) is 0 Å². The fourth-order valence-corrected chi connectivity index (χ4v) is 4.62. The Morgan fingerprint density at radius 2 is 2.05 bits per heavy atom. The third-order valence-corrected chi connectivity index (χ3v) is 6.57. The molecular formula is C23H23F4N5O5S. The Labute approximate surface area is 214 Å². The maximum atomic E-state index is 14.8. The van der Waals surface area contributed by atoms with Crippen LogP contribution < -0.4 is 10.5 Å². The highest BCUT2D eigenvalue weighted by Crippen LogP contribution is 2.33. The summed E-state index contributed by atoms with van der Waals surface area (Å²) < 4.78 is 81.8. The predicted molar refractivity (Wildman–Crippen MR) is 126 cm³/mol. The molecule has 4 N–H and O–H groups in total. The van der Waals surface area contributed by atoms with E-state index >= 15 is 0 Å². The van der Waals surface area contributed by atoms with Gasteiger partial charge in [-0.3, -0.25) is 8.98 Å². The van der Waals surface area contributed by atoms with Gasteiger partial charge < -0.3 is 15.0 Å². The van der Waals surface area contributed by atoms with Gasteiger partial charge in [-0.25, -0.2) is 19.5 Å². The Hall–Kier alpha value is -3.40. The summed E-state index contributed by atoms with van der Waals surface area (Å²) in [7, 11) is -4.28. The second kappa shape index (κ2) is 10.8. The largest absolute Gasteiger partial charge is 0.416 e. The van der Waals surface area contributed by atoms with Crippen LogP contribution in [0.5, 0.6) is 0 Å². The van der Waals surface area contributed by atoms with Crippen LogP contribution in [0.15, 0.2) is 55.2 Å². The maximum absolute atomic E-state index is 14.8. The molecule has 1 aliphatic rings. The van der Waals surface area contributed by atoms with Crippen molar-refractivity contribution in [2.75, 3.05) is 11.9 Å². The van der Waals surface area contributed by atoms with Crippen LogP contribution in [0.1, 0.15) is 33.5 Å². The first-order valence-electron chi connectivity index (χ1n) is 11.2. The molecule has 38 heavy (non-hydrogen) atoms. The summed E-state index contributed by atoms with van der Waals surface area (Å²) in [6.45, 7) is -0.438. The molecule has 2 aromatic heterocycles. The molecule has 1 saturated carbocycles. The second-order valence-electron chi connectivity index (χ2n) is 8.84. The number of carbonyl (C=O) groups excluding carboxylic acids is 1. The Kier molecular flexibility index (Phi) is 7.83. The monoisotopic (exact) mass is 557 g/mol. The SMILES string of the molecule is NS(=O)(=O)OC[C@H]1C[C@@H](Nc2ncncc2C(=O)c2ccn(Cc3cccc(C(F)(F)F)c3)c2)[C@@H](F)[C@@H]1O. The molecule has 3 aromatic rings. The molecule has 1 aliphatic carbocycles. The van der Waals surface area contributed by atoms with Crippen LogP contribution >= 0.6 is 0 Å². The summed E-state index contributed by atoms with van der Waals surface area (Å²) in [6, 6.07) is 5.29. The molecule has 0 amide bonds. The van der Waals surface area contributed by atoms with E-state index < -0.39 is 58.7 Å². The molecule has 4 rings (SSSR count). The van der Waals surface area contributed by atoms with E-state index in [1.54, 1.807) is 4.57 Å². The van der Waals surface area contributed by atoms with E-state index in [1.165, 1.54) is 36.8 Å². The molecule has 0 aliphatic heterocycles. The van der Waals surface area contributed by atoms with Crippen LogP contribution in [-0.4, -0.2) is 58.8 Å². The lowest BCUT2D eigenvalue weighted by Crippen LogP contribution is -2.33. The maximum Gasteiger partial charge on any atom is 0.416 e. The van der Waals surface area contributed by atoms with Gasteiger partial charge in [0, 0.05) is 36.6 Å². The molecule has 4 atom stereocenters. The minimum atomic E-state index is -4.48. The van der Waals surface area contributed by atoms with E-state index in [9.17, 15) is 35.9 Å². The molecule has 204 valence electrons. The number of aliphatic hydroxyl groups excluding tert-OH is 1. The number of aliphatic hydroxyl groups is 1. The van der Waals surface area contributed by atoms with E-state index in [0.29, 0.717) is 5.56 Å². The van der Waals surface area contributed by atoms with Gasteiger partial charge in [0.15, 0.2) is 5.78 Å². The van der Waals surface area contributed by atoms with Gasteiger partial charge in [0.2, 0.25) is 0 Å². The average molecular weight is 558 g/mol. The van der Waals surface area contributed by atoms with Crippen molar-refractivity contribution in [2.24, 2.45) is 11.1 Å². The van der Waals surface area contributed by atoms with Gasteiger partial charge in [-0.05, 0) is 30.2 Å². The van der Waals surface area contributed by atoms with E-state index in [0.717, 1.165) is 18.5 Å². The summed E-state index contributed by atoms with van der Waals surface area (Å²) in [5.74, 6) is -1.42.